The molecule has 0 bridgehead atoms. The molecule has 0 spiro atoms. The minimum absolute atomic E-state index is 0.0302. The largest absolute Gasteiger partial charge is 0.507 e. The summed E-state index contributed by atoms with van der Waals surface area (Å²) in [6.07, 6.45) is 1.72. The molecule has 0 aliphatic rings. The van der Waals surface area contributed by atoms with E-state index in [4.69, 9.17) is 0 Å². The highest BCUT2D eigenvalue weighted by molar-refractivity contribution is 7.94. The molecular weight excluding hydrogens is 314 g/mol. The molecule has 0 aromatic heterocycles. The standard InChI is InChI=1S/C17H25NO4S/c1-16(2,3)12-17(4,5)18-15(20)10-11-23(21,22)14-9-7-6-8-13(14)19/h6-11,19H,12H2,1-5H3,(H,18,20)/b11-10+. The van der Waals surface area contributed by atoms with Crippen LogP contribution in [0.15, 0.2) is 40.6 Å². The molecule has 5 nitrogen and oxygen atoms in total. The van der Waals surface area contributed by atoms with Gasteiger partial charge in [-0.15, -0.1) is 0 Å². The third kappa shape index (κ3) is 6.44. The molecule has 0 unspecified atom stereocenters. The van der Waals surface area contributed by atoms with Crippen LogP contribution in [-0.2, 0) is 14.6 Å². The summed E-state index contributed by atoms with van der Waals surface area (Å²) in [6, 6.07) is 5.61. The van der Waals surface area contributed by atoms with Gasteiger partial charge in [-0.2, -0.15) is 0 Å². The van der Waals surface area contributed by atoms with Crippen molar-refractivity contribution in [3.8, 4) is 5.75 Å². The summed E-state index contributed by atoms with van der Waals surface area (Å²) in [5.74, 6) is -0.830. The first-order valence-corrected chi connectivity index (χ1v) is 8.90. The molecule has 0 saturated heterocycles. The first-order chi connectivity index (χ1) is 10.3. The number of aromatic hydroxyl groups is 1. The number of carbonyl (C=O) groups excluding carboxylic acids is 1. The van der Waals surface area contributed by atoms with Gasteiger partial charge in [0, 0.05) is 17.0 Å². The Labute approximate surface area is 138 Å². The van der Waals surface area contributed by atoms with E-state index in [-0.39, 0.29) is 16.1 Å². The summed E-state index contributed by atoms with van der Waals surface area (Å²) >= 11 is 0. The number of nitrogens with one attached hydrogen (secondary N) is 1. The molecule has 0 radical (unpaired) electrons. The number of benzene rings is 1. The van der Waals surface area contributed by atoms with Crippen LogP contribution in [0.25, 0.3) is 0 Å². The average Bonchev–Trinajstić information content (AvgIpc) is 2.33. The van der Waals surface area contributed by atoms with Gasteiger partial charge in [-0.3, -0.25) is 4.79 Å². The number of sulfone groups is 1. The molecular formula is C17H25NO4S. The number of para-hydroxylation sites is 1. The Kier molecular flexibility index (Phi) is 5.64. The topological polar surface area (TPSA) is 83.5 Å². The Bertz CT molecular complexity index is 698. The van der Waals surface area contributed by atoms with Gasteiger partial charge in [-0.05, 0) is 37.8 Å². The van der Waals surface area contributed by atoms with E-state index in [1.807, 2.05) is 13.8 Å². The number of hydrogen-bond acceptors (Lipinski definition) is 4. The maximum atomic E-state index is 12.1. The fraction of sp³-hybridized carbons (Fsp3) is 0.471. The first-order valence-electron chi connectivity index (χ1n) is 7.36. The number of hydrogen-bond donors (Lipinski definition) is 2. The summed E-state index contributed by atoms with van der Waals surface area (Å²) in [6.45, 7) is 9.99. The van der Waals surface area contributed by atoms with Gasteiger partial charge < -0.3 is 10.4 Å². The quantitative estimate of drug-likeness (QED) is 0.808. The van der Waals surface area contributed by atoms with Gasteiger partial charge in [-0.25, -0.2) is 8.42 Å². The minimum atomic E-state index is -3.87. The molecule has 0 aliphatic carbocycles. The van der Waals surface area contributed by atoms with Crippen LogP contribution in [0.3, 0.4) is 0 Å². The number of amides is 1. The summed E-state index contributed by atoms with van der Waals surface area (Å²) in [4.78, 5) is 11.8. The van der Waals surface area contributed by atoms with E-state index in [2.05, 4.69) is 26.1 Å². The van der Waals surface area contributed by atoms with Crippen molar-refractivity contribution in [1.29, 1.82) is 0 Å². The van der Waals surface area contributed by atoms with Crippen molar-refractivity contribution < 1.29 is 18.3 Å². The van der Waals surface area contributed by atoms with Crippen LogP contribution in [0.5, 0.6) is 5.75 Å². The van der Waals surface area contributed by atoms with Crippen LogP contribution < -0.4 is 5.32 Å². The molecule has 2 N–H and O–H groups in total. The second-order valence-corrected chi connectivity index (χ2v) is 9.23. The van der Waals surface area contributed by atoms with Crippen LogP contribution in [0, 0.1) is 5.41 Å². The maximum Gasteiger partial charge on any atom is 0.245 e. The van der Waals surface area contributed by atoms with E-state index >= 15 is 0 Å². The number of rotatable bonds is 5. The Balaban J connectivity index is 2.85. The highest BCUT2D eigenvalue weighted by atomic mass is 32.2. The minimum Gasteiger partial charge on any atom is -0.507 e. The fourth-order valence-electron chi connectivity index (χ4n) is 2.67. The third-order valence-corrected chi connectivity index (χ3v) is 4.46. The summed E-state index contributed by atoms with van der Waals surface area (Å²) in [5.41, 5.74) is -0.430. The van der Waals surface area contributed by atoms with Crippen molar-refractivity contribution in [1.82, 2.24) is 5.32 Å². The lowest BCUT2D eigenvalue weighted by molar-refractivity contribution is -0.118. The molecule has 1 aromatic carbocycles. The second kappa shape index (κ2) is 6.74. The average molecular weight is 339 g/mol. The molecule has 6 heteroatoms. The van der Waals surface area contributed by atoms with E-state index in [1.54, 1.807) is 0 Å². The Morgan fingerprint density at radius 3 is 2.26 bits per heavy atom. The smallest absolute Gasteiger partial charge is 0.245 e. The summed E-state index contributed by atoms with van der Waals surface area (Å²) < 4.78 is 24.3. The predicted octanol–water partition coefficient (Wildman–Crippen LogP) is 3.01. The van der Waals surface area contributed by atoms with Crippen molar-refractivity contribution in [3.05, 3.63) is 35.7 Å². The summed E-state index contributed by atoms with van der Waals surface area (Å²) in [7, 11) is -3.87. The second-order valence-electron chi connectivity index (χ2n) is 7.43. The normalized spacial score (nSPS) is 13.3. The summed E-state index contributed by atoms with van der Waals surface area (Å²) in [5, 5.41) is 13.2. The van der Waals surface area contributed by atoms with E-state index in [1.165, 1.54) is 24.3 Å². The number of phenolic OH excluding ortho intramolecular Hbond substituents is 1. The lowest BCUT2D eigenvalue weighted by Gasteiger charge is -2.32. The molecule has 1 rings (SSSR count). The van der Waals surface area contributed by atoms with Gasteiger partial charge >= 0.3 is 0 Å². The molecule has 128 valence electrons. The zero-order valence-electron chi connectivity index (χ0n) is 14.3. The molecule has 0 saturated carbocycles. The molecule has 0 heterocycles. The van der Waals surface area contributed by atoms with Crippen molar-refractivity contribution in [2.45, 2.75) is 51.5 Å². The van der Waals surface area contributed by atoms with E-state index in [0.717, 1.165) is 17.9 Å². The fourth-order valence-corrected chi connectivity index (χ4v) is 3.74. The Hall–Kier alpha value is -1.82. The van der Waals surface area contributed by atoms with Gasteiger partial charge in [0.2, 0.25) is 15.7 Å². The van der Waals surface area contributed by atoms with E-state index < -0.39 is 21.3 Å². The molecule has 1 aromatic rings. The number of phenols is 1. The highest BCUT2D eigenvalue weighted by Crippen LogP contribution is 2.27. The third-order valence-electron chi connectivity index (χ3n) is 3.00. The molecule has 0 fully saturated rings. The maximum absolute atomic E-state index is 12.1. The predicted molar refractivity (Wildman–Crippen MR) is 90.7 cm³/mol. The van der Waals surface area contributed by atoms with Crippen molar-refractivity contribution in [2.75, 3.05) is 0 Å². The Morgan fingerprint density at radius 1 is 1.17 bits per heavy atom. The van der Waals surface area contributed by atoms with Gasteiger partial charge in [0.1, 0.15) is 10.6 Å². The molecule has 23 heavy (non-hydrogen) atoms. The van der Waals surface area contributed by atoms with E-state index in [0.29, 0.717) is 0 Å². The SMILES string of the molecule is CC(C)(C)CC(C)(C)NC(=O)/C=C/S(=O)(=O)c1ccccc1O. The van der Waals surface area contributed by atoms with Gasteiger partial charge in [0.15, 0.2) is 0 Å². The van der Waals surface area contributed by atoms with Crippen LogP contribution >= 0.6 is 0 Å². The lowest BCUT2D eigenvalue weighted by Crippen LogP contribution is -2.45. The Morgan fingerprint density at radius 2 is 1.74 bits per heavy atom. The van der Waals surface area contributed by atoms with Crippen LogP contribution in [0.2, 0.25) is 0 Å². The van der Waals surface area contributed by atoms with Gasteiger partial charge in [0.05, 0.1) is 0 Å². The van der Waals surface area contributed by atoms with Crippen molar-refractivity contribution in [3.63, 3.8) is 0 Å². The molecule has 0 aliphatic heterocycles. The zero-order valence-corrected chi connectivity index (χ0v) is 15.1. The van der Waals surface area contributed by atoms with Crippen LogP contribution in [0.4, 0.5) is 0 Å². The highest BCUT2D eigenvalue weighted by Gasteiger charge is 2.26. The van der Waals surface area contributed by atoms with Gasteiger partial charge in [-0.1, -0.05) is 32.9 Å². The molecule has 0 atom stereocenters. The van der Waals surface area contributed by atoms with Gasteiger partial charge in [0.25, 0.3) is 0 Å². The molecule has 1 amide bonds. The zero-order chi connectivity index (χ0) is 17.9. The lowest BCUT2D eigenvalue weighted by atomic mass is 9.82. The van der Waals surface area contributed by atoms with Crippen LogP contribution in [0.1, 0.15) is 41.0 Å². The van der Waals surface area contributed by atoms with E-state index in [9.17, 15) is 18.3 Å². The van der Waals surface area contributed by atoms with Crippen molar-refractivity contribution >= 4 is 15.7 Å². The van der Waals surface area contributed by atoms with Crippen LogP contribution in [-0.4, -0.2) is 25.0 Å². The number of carbonyl (C=O) groups is 1. The monoisotopic (exact) mass is 339 g/mol. The first kappa shape index (κ1) is 19.2. The van der Waals surface area contributed by atoms with Crippen molar-refractivity contribution in [2.24, 2.45) is 5.41 Å².